The van der Waals surface area contributed by atoms with Gasteiger partial charge in [-0.1, -0.05) is 0 Å². The molecule has 126 valence electrons. The Bertz CT molecular complexity index is 1110. The number of nitrogens with zero attached hydrogens (tertiary/aromatic N) is 3. The fourth-order valence-corrected chi connectivity index (χ4v) is 3.06. The highest BCUT2D eigenvalue weighted by atomic mass is 32.2. The van der Waals surface area contributed by atoms with Gasteiger partial charge in [0.1, 0.15) is 17.1 Å². The van der Waals surface area contributed by atoms with Gasteiger partial charge < -0.3 is 9.72 Å². The molecule has 0 radical (unpaired) electrons. The number of nitrogens with one attached hydrogen (secondary N) is 1. The molecule has 0 amide bonds. The SMILES string of the molecule is COc1ccc(S(N)(=O)=O)cc1-c1nc2c(C)nn(C)c2c(=O)[nH]1. The van der Waals surface area contributed by atoms with Gasteiger partial charge in [-0.2, -0.15) is 5.10 Å². The zero-order valence-electron chi connectivity index (χ0n) is 13.2. The number of benzene rings is 1. The number of aromatic amines is 1. The van der Waals surface area contributed by atoms with E-state index < -0.39 is 10.0 Å². The molecule has 3 rings (SSSR count). The number of ether oxygens (including phenoxy) is 1. The number of primary sulfonamides is 1. The van der Waals surface area contributed by atoms with E-state index in [0.717, 1.165) is 0 Å². The Morgan fingerprint density at radius 2 is 2.04 bits per heavy atom. The van der Waals surface area contributed by atoms with Crippen molar-refractivity contribution in [2.24, 2.45) is 12.2 Å². The first kappa shape index (κ1) is 16.1. The number of H-pyrrole nitrogens is 1. The predicted molar refractivity (Wildman–Crippen MR) is 87.2 cm³/mol. The Hall–Kier alpha value is -2.72. The monoisotopic (exact) mass is 349 g/mol. The van der Waals surface area contributed by atoms with Crippen molar-refractivity contribution in [3.05, 3.63) is 34.2 Å². The zero-order valence-corrected chi connectivity index (χ0v) is 14.0. The number of hydrogen-bond acceptors (Lipinski definition) is 6. The van der Waals surface area contributed by atoms with Crippen LogP contribution in [0.1, 0.15) is 5.69 Å². The highest BCUT2D eigenvalue weighted by Crippen LogP contribution is 2.30. The predicted octanol–water partition coefficient (Wildman–Crippen LogP) is 0.288. The molecule has 0 bridgehead atoms. The van der Waals surface area contributed by atoms with Gasteiger partial charge in [-0.3, -0.25) is 9.48 Å². The fraction of sp³-hybridized carbons (Fsp3) is 0.214. The largest absolute Gasteiger partial charge is 0.496 e. The van der Waals surface area contributed by atoms with Gasteiger partial charge in [0.2, 0.25) is 10.0 Å². The van der Waals surface area contributed by atoms with E-state index in [1.165, 1.54) is 30.0 Å². The van der Waals surface area contributed by atoms with Crippen molar-refractivity contribution in [1.29, 1.82) is 0 Å². The van der Waals surface area contributed by atoms with Crippen LogP contribution in [0.5, 0.6) is 5.75 Å². The minimum atomic E-state index is -3.91. The van der Waals surface area contributed by atoms with E-state index in [1.54, 1.807) is 14.0 Å². The molecule has 0 aliphatic heterocycles. The smallest absolute Gasteiger partial charge is 0.277 e. The highest BCUT2D eigenvalue weighted by molar-refractivity contribution is 7.89. The van der Waals surface area contributed by atoms with Gasteiger partial charge in [0, 0.05) is 7.05 Å². The number of rotatable bonds is 3. The molecule has 9 nitrogen and oxygen atoms in total. The van der Waals surface area contributed by atoms with Gasteiger partial charge in [0.05, 0.1) is 23.3 Å². The molecule has 0 saturated heterocycles. The molecule has 0 aliphatic rings. The summed E-state index contributed by atoms with van der Waals surface area (Å²) in [5, 5.41) is 9.34. The first-order chi connectivity index (χ1) is 11.2. The Morgan fingerprint density at radius 3 is 2.67 bits per heavy atom. The molecule has 2 heterocycles. The molecular weight excluding hydrogens is 334 g/mol. The summed E-state index contributed by atoms with van der Waals surface area (Å²) in [5.41, 5.74) is 1.27. The third-order valence-electron chi connectivity index (χ3n) is 3.62. The average molecular weight is 349 g/mol. The maximum atomic E-state index is 12.3. The van der Waals surface area contributed by atoms with Crippen LogP contribution in [0.25, 0.3) is 22.4 Å². The van der Waals surface area contributed by atoms with Crippen molar-refractivity contribution >= 4 is 21.1 Å². The second-order valence-corrected chi connectivity index (χ2v) is 6.79. The standard InChI is InChI=1S/C14H15N5O4S/c1-7-11-12(19(2)18-7)14(20)17-13(16-11)9-6-8(24(15,21)22)4-5-10(9)23-3/h4-6H,1-3H3,(H2,15,21,22)(H,16,17,20). The van der Waals surface area contributed by atoms with E-state index in [1.807, 2.05) is 0 Å². The summed E-state index contributed by atoms with van der Waals surface area (Å²) in [5.74, 6) is 0.525. The van der Waals surface area contributed by atoms with Crippen LogP contribution in [-0.2, 0) is 17.1 Å². The second-order valence-electron chi connectivity index (χ2n) is 5.23. The molecule has 0 atom stereocenters. The van der Waals surface area contributed by atoms with Gasteiger partial charge in [-0.25, -0.2) is 18.5 Å². The lowest BCUT2D eigenvalue weighted by Crippen LogP contribution is -2.14. The van der Waals surface area contributed by atoms with E-state index in [-0.39, 0.29) is 16.3 Å². The fourth-order valence-electron chi connectivity index (χ4n) is 2.52. The van der Waals surface area contributed by atoms with Crippen LogP contribution in [0.2, 0.25) is 0 Å². The number of sulfonamides is 1. The minimum absolute atomic E-state index is 0.107. The average Bonchev–Trinajstić information content (AvgIpc) is 2.80. The van der Waals surface area contributed by atoms with Gasteiger partial charge in [-0.05, 0) is 25.1 Å². The van der Waals surface area contributed by atoms with E-state index in [4.69, 9.17) is 9.88 Å². The summed E-state index contributed by atoms with van der Waals surface area (Å²) in [6.07, 6.45) is 0. The lowest BCUT2D eigenvalue weighted by molar-refractivity contribution is 0.416. The van der Waals surface area contributed by atoms with Crippen molar-refractivity contribution in [2.75, 3.05) is 7.11 Å². The van der Waals surface area contributed by atoms with Crippen molar-refractivity contribution < 1.29 is 13.2 Å². The van der Waals surface area contributed by atoms with Crippen LogP contribution >= 0.6 is 0 Å². The molecule has 0 aliphatic carbocycles. The Kier molecular flexibility index (Phi) is 3.65. The first-order valence-corrected chi connectivity index (χ1v) is 8.42. The second kappa shape index (κ2) is 5.42. The zero-order chi connectivity index (χ0) is 17.6. The lowest BCUT2D eigenvalue weighted by atomic mass is 10.2. The molecule has 2 aromatic heterocycles. The molecule has 0 unspecified atom stereocenters. The van der Waals surface area contributed by atoms with E-state index in [0.29, 0.717) is 28.0 Å². The van der Waals surface area contributed by atoms with Crippen molar-refractivity contribution in [3.63, 3.8) is 0 Å². The first-order valence-electron chi connectivity index (χ1n) is 6.87. The number of hydrogen-bond donors (Lipinski definition) is 2. The van der Waals surface area contributed by atoms with Gasteiger partial charge in [0.15, 0.2) is 5.52 Å². The molecule has 3 aromatic rings. The number of nitrogens with two attached hydrogens (primary N) is 1. The van der Waals surface area contributed by atoms with Crippen LogP contribution in [0, 0.1) is 6.92 Å². The van der Waals surface area contributed by atoms with E-state index in [2.05, 4.69) is 15.1 Å². The van der Waals surface area contributed by atoms with Gasteiger partial charge in [-0.15, -0.1) is 0 Å². The third kappa shape index (κ3) is 2.55. The number of fused-ring (bicyclic) bond motifs is 1. The van der Waals surface area contributed by atoms with Crippen molar-refractivity contribution in [2.45, 2.75) is 11.8 Å². The maximum Gasteiger partial charge on any atom is 0.277 e. The summed E-state index contributed by atoms with van der Waals surface area (Å²) >= 11 is 0. The molecule has 3 N–H and O–H groups in total. The number of methoxy groups -OCH3 is 1. The summed E-state index contributed by atoms with van der Waals surface area (Å²) in [4.78, 5) is 19.3. The van der Waals surface area contributed by atoms with E-state index in [9.17, 15) is 13.2 Å². The summed E-state index contributed by atoms with van der Waals surface area (Å²) in [6.45, 7) is 1.73. The van der Waals surface area contributed by atoms with Crippen molar-refractivity contribution in [1.82, 2.24) is 19.7 Å². The maximum absolute atomic E-state index is 12.3. The highest BCUT2D eigenvalue weighted by Gasteiger charge is 2.18. The van der Waals surface area contributed by atoms with E-state index >= 15 is 0 Å². The quantitative estimate of drug-likeness (QED) is 0.698. The topological polar surface area (TPSA) is 133 Å². The summed E-state index contributed by atoms with van der Waals surface area (Å²) < 4.78 is 29.8. The molecule has 10 heteroatoms. The summed E-state index contributed by atoms with van der Waals surface area (Å²) in [7, 11) is -0.828. The van der Waals surface area contributed by atoms with Crippen LogP contribution in [0.15, 0.2) is 27.9 Å². The van der Waals surface area contributed by atoms with Crippen LogP contribution in [-0.4, -0.2) is 35.3 Å². The van der Waals surface area contributed by atoms with Crippen LogP contribution in [0.4, 0.5) is 0 Å². The Morgan fingerprint density at radius 1 is 1.33 bits per heavy atom. The minimum Gasteiger partial charge on any atom is -0.496 e. The van der Waals surface area contributed by atoms with Crippen LogP contribution < -0.4 is 15.4 Å². The molecule has 0 spiro atoms. The van der Waals surface area contributed by atoms with Gasteiger partial charge in [0.25, 0.3) is 5.56 Å². The molecule has 0 saturated carbocycles. The normalized spacial score (nSPS) is 11.8. The Balaban J connectivity index is 2.35. The number of aryl methyl sites for hydroxylation is 2. The number of aromatic nitrogens is 4. The third-order valence-corrected chi connectivity index (χ3v) is 4.53. The van der Waals surface area contributed by atoms with Crippen molar-refractivity contribution in [3.8, 4) is 17.1 Å². The molecular formula is C14H15N5O4S. The molecule has 0 fully saturated rings. The molecule has 24 heavy (non-hydrogen) atoms. The molecule has 1 aromatic carbocycles. The lowest BCUT2D eigenvalue weighted by Gasteiger charge is -2.09. The Labute approximate surface area is 137 Å². The van der Waals surface area contributed by atoms with Crippen LogP contribution in [0.3, 0.4) is 0 Å². The van der Waals surface area contributed by atoms with Gasteiger partial charge >= 0.3 is 0 Å². The summed E-state index contributed by atoms with van der Waals surface area (Å²) in [6, 6.07) is 4.09.